The minimum atomic E-state index is 0.546. The van der Waals surface area contributed by atoms with Gasteiger partial charge in [0.2, 0.25) is 5.89 Å². The van der Waals surface area contributed by atoms with Crippen molar-refractivity contribution in [3.05, 3.63) is 11.7 Å². The highest BCUT2D eigenvalue weighted by molar-refractivity contribution is 4.89. The zero-order valence-corrected chi connectivity index (χ0v) is 7.21. The summed E-state index contributed by atoms with van der Waals surface area (Å²) < 4.78 is 5.03. The molecule has 2 heterocycles. The van der Waals surface area contributed by atoms with Crippen LogP contribution >= 0.6 is 0 Å². The Hall–Kier alpha value is -0.900. The van der Waals surface area contributed by atoms with Crippen molar-refractivity contribution in [3.63, 3.8) is 0 Å². The molecule has 0 bridgehead atoms. The van der Waals surface area contributed by atoms with E-state index >= 15 is 0 Å². The van der Waals surface area contributed by atoms with Crippen LogP contribution in [0.2, 0.25) is 0 Å². The van der Waals surface area contributed by atoms with Gasteiger partial charge < -0.3 is 9.84 Å². The Kier molecular flexibility index (Phi) is 2.08. The average Bonchev–Trinajstić information content (AvgIpc) is 2.63. The number of aryl methyl sites for hydroxylation is 1. The topological polar surface area (TPSA) is 51.0 Å². The number of hydrogen-bond acceptors (Lipinski definition) is 4. The predicted octanol–water partition coefficient (Wildman–Crippen LogP) is 0.673. The number of nitrogens with one attached hydrogen (secondary N) is 1. The summed E-state index contributed by atoms with van der Waals surface area (Å²) in [5.74, 6) is 1.48. The first kappa shape index (κ1) is 7.73. The summed E-state index contributed by atoms with van der Waals surface area (Å²) >= 11 is 0. The third-order valence-corrected chi connectivity index (χ3v) is 2.15. The molecule has 1 N–H and O–H groups in total. The molecule has 0 saturated carbocycles. The fraction of sp³-hybridized carbons (Fsp3) is 0.750. The maximum absolute atomic E-state index is 5.03. The molecule has 1 aliphatic rings. The van der Waals surface area contributed by atoms with Gasteiger partial charge >= 0.3 is 0 Å². The standard InChI is InChI=1S/C8H13N3O/c1-6-10-8(12-11-6)5-7-3-2-4-9-7/h7,9H,2-5H2,1H3. The van der Waals surface area contributed by atoms with Crippen LogP contribution in [0.3, 0.4) is 0 Å². The molecule has 1 aromatic heterocycles. The summed E-state index contributed by atoms with van der Waals surface area (Å²) in [6.45, 7) is 2.97. The van der Waals surface area contributed by atoms with Gasteiger partial charge in [-0.25, -0.2) is 0 Å². The maximum Gasteiger partial charge on any atom is 0.228 e. The van der Waals surface area contributed by atoms with Crippen LogP contribution < -0.4 is 5.32 Å². The fourth-order valence-electron chi connectivity index (χ4n) is 1.56. The molecule has 2 rings (SSSR count). The first-order valence-electron chi connectivity index (χ1n) is 4.37. The van der Waals surface area contributed by atoms with E-state index in [9.17, 15) is 0 Å². The molecule has 1 unspecified atom stereocenters. The van der Waals surface area contributed by atoms with E-state index in [1.165, 1.54) is 12.8 Å². The van der Waals surface area contributed by atoms with Crippen LogP contribution in [-0.2, 0) is 6.42 Å². The highest BCUT2D eigenvalue weighted by Crippen LogP contribution is 2.10. The van der Waals surface area contributed by atoms with Gasteiger partial charge in [-0.15, -0.1) is 0 Å². The maximum atomic E-state index is 5.03. The lowest BCUT2D eigenvalue weighted by Gasteiger charge is -2.04. The molecule has 1 aliphatic heterocycles. The Labute approximate surface area is 71.4 Å². The Morgan fingerprint density at radius 3 is 3.17 bits per heavy atom. The molecule has 1 saturated heterocycles. The third kappa shape index (κ3) is 1.64. The first-order valence-corrected chi connectivity index (χ1v) is 4.37. The molecule has 0 amide bonds. The molecule has 1 atom stereocenters. The van der Waals surface area contributed by atoms with Crippen molar-refractivity contribution < 1.29 is 4.52 Å². The van der Waals surface area contributed by atoms with Gasteiger partial charge in [0.25, 0.3) is 0 Å². The van der Waals surface area contributed by atoms with Crippen LogP contribution in [0.1, 0.15) is 24.6 Å². The minimum absolute atomic E-state index is 0.546. The summed E-state index contributed by atoms with van der Waals surface area (Å²) in [4.78, 5) is 4.16. The molecule has 0 aliphatic carbocycles. The summed E-state index contributed by atoms with van der Waals surface area (Å²) in [6, 6.07) is 0.546. The normalized spacial score (nSPS) is 23.2. The molecule has 4 nitrogen and oxygen atoms in total. The SMILES string of the molecule is Cc1noc(CC2CCCN2)n1. The molecule has 0 radical (unpaired) electrons. The van der Waals surface area contributed by atoms with E-state index in [0.29, 0.717) is 6.04 Å². The summed E-state index contributed by atoms with van der Waals surface area (Å²) in [6.07, 6.45) is 3.36. The van der Waals surface area contributed by atoms with Crippen molar-refractivity contribution in [2.75, 3.05) is 6.54 Å². The quantitative estimate of drug-likeness (QED) is 0.703. The van der Waals surface area contributed by atoms with Gasteiger partial charge in [-0.05, 0) is 26.3 Å². The fourth-order valence-corrected chi connectivity index (χ4v) is 1.56. The van der Waals surface area contributed by atoms with Gasteiger partial charge in [0.05, 0.1) is 0 Å². The largest absolute Gasteiger partial charge is 0.339 e. The minimum Gasteiger partial charge on any atom is -0.339 e. The molecule has 12 heavy (non-hydrogen) atoms. The van der Waals surface area contributed by atoms with E-state index in [0.717, 1.165) is 24.7 Å². The lowest BCUT2D eigenvalue weighted by molar-refractivity contribution is 0.361. The van der Waals surface area contributed by atoms with Crippen LogP contribution in [0.5, 0.6) is 0 Å². The molecular formula is C8H13N3O. The molecule has 1 aromatic rings. The summed E-state index contributed by atoms with van der Waals surface area (Å²) in [5.41, 5.74) is 0. The second-order valence-electron chi connectivity index (χ2n) is 3.23. The average molecular weight is 167 g/mol. The molecule has 0 aromatic carbocycles. The van der Waals surface area contributed by atoms with Gasteiger partial charge in [-0.1, -0.05) is 5.16 Å². The Balaban J connectivity index is 1.94. The first-order chi connectivity index (χ1) is 5.84. The van der Waals surface area contributed by atoms with Gasteiger partial charge in [0.1, 0.15) is 0 Å². The Morgan fingerprint density at radius 1 is 1.67 bits per heavy atom. The van der Waals surface area contributed by atoms with Crippen LogP contribution in [0.15, 0.2) is 4.52 Å². The van der Waals surface area contributed by atoms with Crippen LogP contribution in [0.25, 0.3) is 0 Å². The number of hydrogen-bond donors (Lipinski definition) is 1. The van der Waals surface area contributed by atoms with E-state index in [1.807, 2.05) is 6.92 Å². The molecule has 0 spiro atoms. The van der Waals surface area contributed by atoms with Crippen molar-refractivity contribution >= 4 is 0 Å². The number of rotatable bonds is 2. The van der Waals surface area contributed by atoms with E-state index in [1.54, 1.807) is 0 Å². The molecule has 66 valence electrons. The van der Waals surface area contributed by atoms with Gasteiger partial charge in [0, 0.05) is 12.5 Å². The van der Waals surface area contributed by atoms with Crippen molar-refractivity contribution in [1.29, 1.82) is 0 Å². The van der Waals surface area contributed by atoms with E-state index < -0.39 is 0 Å². The predicted molar refractivity (Wildman–Crippen MR) is 43.8 cm³/mol. The van der Waals surface area contributed by atoms with Crippen molar-refractivity contribution in [1.82, 2.24) is 15.5 Å². The Bertz CT molecular complexity index is 253. The van der Waals surface area contributed by atoms with Crippen molar-refractivity contribution in [3.8, 4) is 0 Å². The molecule has 4 heteroatoms. The summed E-state index contributed by atoms with van der Waals surface area (Å²) in [7, 11) is 0. The van der Waals surface area contributed by atoms with E-state index in [-0.39, 0.29) is 0 Å². The number of aromatic nitrogens is 2. The van der Waals surface area contributed by atoms with E-state index in [4.69, 9.17) is 4.52 Å². The zero-order chi connectivity index (χ0) is 8.39. The highest BCUT2D eigenvalue weighted by atomic mass is 16.5. The lowest BCUT2D eigenvalue weighted by atomic mass is 10.2. The lowest BCUT2D eigenvalue weighted by Crippen LogP contribution is -2.23. The third-order valence-electron chi connectivity index (χ3n) is 2.15. The van der Waals surface area contributed by atoms with Crippen LogP contribution in [0.4, 0.5) is 0 Å². The second-order valence-corrected chi connectivity index (χ2v) is 3.23. The summed E-state index contributed by atoms with van der Waals surface area (Å²) in [5, 5.41) is 7.13. The van der Waals surface area contributed by atoms with Crippen LogP contribution in [-0.4, -0.2) is 22.7 Å². The monoisotopic (exact) mass is 167 g/mol. The van der Waals surface area contributed by atoms with Crippen molar-refractivity contribution in [2.45, 2.75) is 32.2 Å². The van der Waals surface area contributed by atoms with Crippen molar-refractivity contribution in [2.24, 2.45) is 0 Å². The molecule has 1 fully saturated rings. The molecular weight excluding hydrogens is 154 g/mol. The zero-order valence-electron chi connectivity index (χ0n) is 7.21. The smallest absolute Gasteiger partial charge is 0.228 e. The van der Waals surface area contributed by atoms with Gasteiger partial charge in [-0.2, -0.15) is 4.98 Å². The Morgan fingerprint density at radius 2 is 2.58 bits per heavy atom. The van der Waals surface area contributed by atoms with Gasteiger partial charge in [0.15, 0.2) is 5.82 Å². The number of nitrogens with zero attached hydrogens (tertiary/aromatic N) is 2. The highest BCUT2D eigenvalue weighted by Gasteiger charge is 2.17. The van der Waals surface area contributed by atoms with E-state index in [2.05, 4.69) is 15.5 Å². The second kappa shape index (κ2) is 3.23. The van der Waals surface area contributed by atoms with Gasteiger partial charge in [-0.3, -0.25) is 0 Å². The van der Waals surface area contributed by atoms with Crippen LogP contribution in [0, 0.1) is 6.92 Å².